The van der Waals surface area contributed by atoms with E-state index in [2.05, 4.69) is 5.32 Å². The number of hydrogen-bond acceptors (Lipinski definition) is 4. The Morgan fingerprint density at radius 2 is 1.88 bits per heavy atom. The van der Waals surface area contributed by atoms with Crippen LogP contribution in [0.4, 0.5) is 5.69 Å². The van der Waals surface area contributed by atoms with E-state index < -0.39 is 16.1 Å². The molecule has 1 aromatic carbocycles. The number of carboxylic acid groups (broad SMARTS) is 1. The minimum Gasteiger partial charge on any atom is -0.478 e. The third kappa shape index (κ3) is 5.14. The van der Waals surface area contributed by atoms with E-state index in [9.17, 15) is 13.2 Å². The summed E-state index contributed by atoms with van der Waals surface area (Å²) in [5.74, 6) is -1.01. The first-order valence-corrected chi connectivity index (χ1v) is 6.10. The van der Waals surface area contributed by atoms with Crippen molar-refractivity contribution in [3.63, 3.8) is 0 Å². The molecule has 1 rings (SSSR count). The van der Waals surface area contributed by atoms with Gasteiger partial charge in [0.25, 0.3) is 10.1 Å². The Balaban J connectivity index is 2.54. The summed E-state index contributed by atoms with van der Waals surface area (Å²) in [5, 5.41) is 12.2. The highest BCUT2D eigenvalue weighted by Crippen LogP contribution is 2.09. The number of carboxylic acids is 1. The zero-order valence-electron chi connectivity index (χ0n) is 8.70. The lowest BCUT2D eigenvalue weighted by atomic mass is 10.2. The van der Waals surface area contributed by atoms with Crippen LogP contribution in [0.25, 0.3) is 0 Å². The van der Waals surface area contributed by atoms with Gasteiger partial charge >= 0.3 is 5.97 Å². The van der Waals surface area contributed by atoms with E-state index in [1.807, 2.05) is 0 Å². The molecule has 0 aliphatic rings. The van der Waals surface area contributed by atoms with E-state index in [-0.39, 0.29) is 12.1 Å². The standard InChI is InChI=1S/C10H11NO5S/c12-10(13)8-2-4-9(5-3-8)11-6-1-7-17(14,15)16/h1-5,7,11H,6H2,(H,12,13)(H,14,15,16)/b7-1+. The molecular formula is C10H11NO5S. The maximum Gasteiger partial charge on any atom is 0.335 e. The summed E-state index contributed by atoms with van der Waals surface area (Å²) in [4.78, 5) is 10.6. The average Bonchev–Trinajstić information content (AvgIpc) is 2.24. The van der Waals surface area contributed by atoms with Crippen molar-refractivity contribution in [3.8, 4) is 0 Å². The quantitative estimate of drug-likeness (QED) is 0.685. The number of anilines is 1. The van der Waals surface area contributed by atoms with E-state index in [0.29, 0.717) is 11.1 Å². The van der Waals surface area contributed by atoms with Gasteiger partial charge in [0.1, 0.15) is 0 Å². The van der Waals surface area contributed by atoms with Crippen molar-refractivity contribution in [1.29, 1.82) is 0 Å². The summed E-state index contributed by atoms with van der Waals surface area (Å²) in [6.07, 6.45) is 1.24. The topological polar surface area (TPSA) is 104 Å². The molecule has 0 atom stereocenters. The molecule has 0 heterocycles. The van der Waals surface area contributed by atoms with Crippen molar-refractivity contribution >= 4 is 21.8 Å². The Kier molecular flexibility index (Phi) is 4.24. The summed E-state index contributed by atoms with van der Waals surface area (Å²) in [7, 11) is -4.09. The number of carbonyl (C=O) groups is 1. The Hall–Kier alpha value is -1.86. The minimum atomic E-state index is -4.09. The van der Waals surface area contributed by atoms with Crippen LogP contribution in [0.1, 0.15) is 10.4 Å². The lowest BCUT2D eigenvalue weighted by Crippen LogP contribution is -2.01. The zero-order valence-corrected chi connectivity index (χ0v) is 9.52. The van der Waals surface area contributed by atoms with Crippen molar-refractivity contribution in [3.05, 3.63) is 41.3 Å². The van der Waals surface area contributed by atoms with Crippen molar-refractivity contribution in [2.24, 2.45) is 0 Å². The molecule has 0 unspecified atom stereocenters. The maximum atomic E-state index is 10.6. The summed E-state index contributed by atoms with van der Waals surface area (Å²) in [5.41, 5.74) is 0.819. The molecule has 0 saturated heterocycles. The van der Waals surface area contributed by atoms with Crippen molar-refractivity contribution in [1.82, 2.24) is 0 Å². The Morgan fingerprint density at radius 3 is 2.35 bits per heavy atom. The van der Waals surface area contributed by atoms with Gasteiger partial charge in [0, 0.05) is 12.2 Å². The summed E-state index contributed by atoms with van der Waals surface area (Å²) in [6.45, 7) is 0.201. The Bertz CT molecular complexity index is 518. The first-order chi connectivity index (χ1) is 7.88. The molecule has 17 heavy (non-hydrogen) atoms. The van der Waals surface area contributed by atoms with Gasteiger partial charge in [0.2, 0.25) is 0 Å². The molecule has 3 N–H and O–H groups in total. The van der Waals surface area contributed by atoms with Gasteiger partial charge in [-0.15, -0.1) is 0 Å². The molecular weight excluding hydrogens is 246 g/mol. The van der Waals surface area contributed by atoms with Gasteiger partial charge in [-0.3, -0.25) is 4.55 Å². The van der Waals surface area contributed by atoms with Crippen LogP contribution in [0.2, 0.25) is 0 Å². The van der Waals surface area contributed by atoms with Crippen LogP contribution in [0.15, 0.2) is 35.7 Å². The van der Waals surface area contributed by atoms with Gasteiger partial charge in [-0.05, 0) is 24.3 Å². The van der Waals surface area contributed by atoms with Crippen LogP contribution >= 0.6 is 0 Å². The molecule has 0 saturated carbocycles. The first kappa shape index (κ1) is 13.2. The molecule has 0 aromatic heterocycles. The second-order valence-electron chi connectivity index (χ2n) is 3.15. The van der Waals surface area contributed by atoms with E-state index in [1.54, 1.807) is 12.1 Å². The average molecular weight is 257 g/mol. The predicted octanol–water partition coefficient (Wildman–Crippen LogP) is 1.20. The molecule has 6 nitrogen and oxygen atoms in total. The van der Waals surface area contributed by atoms with E-state index >= 15 is 0 Å². The Morgan fingerprint density at radius 1 is 1.29 bits per heavy atom. The fraction of sp³-hybridized carbons (Fsp3) is 0.100. The molecule has 1 aromatic rings. The van der Waals surface area contributed by atoms with Crippen LogP contribution in [0.3, 0.4) is 0 Å². The second kappa shape index (κ2) is 5.46. The fourth-order valence-electron chi connectivity index (χ4n) is 1.08. The van der Waals surface area contributed by atoms with Crippen LogP contribution in [0, 0.1) is 0 Å². The monoisotopic (exact) mass is 257 g/mol. The van der Waals surface area contributed by atoms with Crippen molar-refractivity contribution < 1.29 is 22.9 Å². The molecule has 7 heteroatoms. The predicted molar refractivity (Wildman–Crippen MR) is 62.6 cm³/mol. The van der Waals surface area contributed by atoms with Gasteiger partial charge in [-0.2, -0.15) is 8.42 Å². The van der Waals surface area contributed by atoms with Gasteiger partial charge in [-0.25, -0.2) is 4.79 Å². The van der Waals surface area contributed by atoms with Gasteiger partial charge in [0.15, 0.2) is 0 Å². The van der Waals surface area contributed by atoms with Crippen LogP contribution in [-0.2, 0) is 10.1 Å². The first-order valence-electron chi connectivity index (χ1n) is 4.60. The van der Waals surface area contributed by atoms with E-state index in [1.165, 1.54) is 18.2 Å². The van der Waals surface area contributed by atoms with Crippen LogP contribution in [0.5, 0.6) is 0 Å². The van der Waals surface area contributed by atoms with Crippen LogP contribution in [-0.4, -0.2) is 30.6 Å². The largest absolute Gasteiger partial charge is 0.478 e. The minimum absolute atomic E-state index is 0.170. The fourth-order valence-corrected chi connectivity index (χ4v) is 1.42. The highest BCUT2D eigenvalue weighted by molar-refractivity contribution is 7.88. The lowest BCUT2D eigenvalue weighted by Gasteiger charge is -2.02. The number of aromatic carboxylic acids is 1. The van der Waals surface area contributed by atoms with Crippen molar-refractivity contribution in [2.75, 3.05) is 11.9 Å². The van der Waals surface area contributed by atoms with Gasteiger partial charge < -0.3 is 10.4 Å². The number of hydrogen-bond donors (Lipinski definition) is 3. The van der Waals surface area contributed by atoms with Gasteiger partial charge in [-0.1, -0.05) is 6.08 Å². The molecule has 0 bridgehead atoms. The number of nitrogens with one attached hydrogen (secondary N) is 1. The molecule has 0 amide bonds. The smallest absolute Gasteiger partial charge is 0.335 e. The summed E-state index contributed by atoms with van der Waals surface area (Å²) in [6, 6.07) is 5.98. The lowest BCUT2D eigenvalue weighted by molar-refractivity contribution is 0.0697. The number of benzene rings is 1. The molecule has 0 spiro atoms. The van der Waals surface area contributed by atoms with Gasteiger partial charge in [0.05, 0.1) is 11.0 Å². The molecule has 92 valence electrons. The summed E-state index contributed by atoms with van der Waals surface area (Å²) >= 11 is 0. The highest BCUT2D eigenvalue weighted by Gasteiger charge is 2.00. The van der Waals surface area contributed by atoms with E-state index in [0.717, 1.165) is 0 Å². The maximum absolute atomic E-state index is 10.6. The number of rotatable bonds is 5. The zero-order chi connectivity index (χ0) is 12.9. The summed E-state index contributed by atoms with van der Waals surface area (Å²) < 4.78 is 29.1. The second-order valence-corrected chi connectivity index (χ2v) is 4.45. The SMILES string of the molecule is O=C(O)c1ccc(NC/C=C/S(=O)(=O)O)cc1. The molecule has 0 aliphatic carbocycles. The third-order valence-electron chi connectivity index (χ3n) is 1.82. The Labute approximate surface area is 98.3 Å². The normalized spacial score (nSPS) is 11.6. The molecule has 0 radical (unpaired) electrons. The van der Waals surface area contributed by atoms with E-state index in [4.69, 9.17) is 9.66 Å². The third-order valence-corrected chi connectivity index (χ3v) is 2.36. The molecule has 0 fully saturated rings. The highest BCUT2D eigenvalue weighted by atomic mass is 32.2. The van der Waals surface area contributed by atoms with Crippen molar-refractivity contribution in [2.45, 2.75) is 0 Å². The van der Waals surface area contributed by atoms with Crippen LogP contribution < -0.4 is 5.32 Å². The molecule has 0 aliphatic heterocycles.